The van der Waals surface area contributed by atoms with Crippen LogP contribution in [-0.4, -0.2) is 53.2 Å². The summed E-state index contributed by atoms with van der Waals surface area (Å²) in [6.45, 7) is 4.79. The Labute approximate surface area is 116 Å². The molecular weight excluding hydrogens is 270 g/mol. The van der Waals surface area contributed by atoms with Gasteiger partial charge in [0, 0.05) is 6.42 Å². The van der Waals surface area contributed by atoms with Gasteiger partial charge in [-0.15, -0.1) is 0 Å². The molecule has 0 aliphatic carbocycles. The fourth-order valence-corrected chi connectivity index (χ4v) is 1.33. The molecule has 8 nitrogen and oxygen atoms in total. The Bertz CT molecular complexity index is 386. The highest BCUT2D eigenvalue weighted by Gasteiger charge is 2.33. The van der Waals surface area contributed by atoms with Crippen molar-refractivity contribution in [1.29, 1.82) is 0 Å². The molecule has 8 heteroatoms. The Morgan fingerprint density at radius 3 is 2.20 bits per heavy atom. The van der Waals surface area contributed by atoms with Crippen LogP contribution in [0.15, 0.2) is 0 Å². The minimum Gasteiger partial charge on any atom is -0.481 e. The number of carboxylic acids is 1. The van der Waals surface area contributed by atoms with Crippen molar-refractivity contribution in [3.8, 4) is 0 Å². The van der Waals surface area contributed by atoms with E-state index in [1.165, 1.54) is 0 Å². The molecule has 0 aromatic rings. The fourth-order valence-electron chi connectivity index (χ4n) is 1.33. The zero-order valence-electron chi connectivity index (χ0n) is 11.9. The van der Waals surface area contributed by atoms with Gasteiger partial charge in [0.1, 0.15) is 11.6 Å². The quantitative estimate of drug-likeness (QED) is 0.568. The molecule has 0 fully saturated rings. The molecule has 1 atom stereocenters. The average Bonchev–Trinajstić information content (AvgIpc) is 2.30. The second kappa shape index (κ2) is 7.46. The van der Waals surface area contributed by atoms with Crippen LogP contribution in [0, 0.1) is 0 Å². The van der Waals surface area contributed by atoms with Crippen molar-refractivity contribution in [2.24, 2.45) is 0 Å². The van der Waals surface area contributed by atoms with Crippen LogP contribution < -0.4 is 0 Å². The number of carboxylic acid groups (broad SMARTS) is 1. The van der Waals surface area contributed by atoms with Crippen molar-refractivity contribution in [2.45, 2.75) is 45.3 Å². The van der Waals surface area contributed by atoms with Gasteiger partial charge in [-0.2, -0.15) is 0 Å². The van der Waals surface area contributed by atoms with Gasteiger partial charge in [0.05, 0.1) is 7.11 Å². The van der Waals surface area contributed by atoms with Crippen LogP contribution >= 0.6 is 0 Å². The molecule has 0 saturated heterocycles. The Balaban J connectivity index is 5.07. The van der Waals surface area contributed by atoms with Crippen molar-refractivity contribution in [3.05, 3.63) is 0 Å². The Morgan fingerprint density at radius 1 is 1.30 bits per heavy atom. The van der Waals surface area contributed by atoms with E-state index in [1.807, 2.05) is 0 Å². The van der Waals surface area contributed by atoms with Crippen molar-refractivity contribution in [2.75, 3.05) is 7.11 Å². The second-order valence-corrected chi connectivity index (χ2v) is 4.96. The molecule has 1 N–H and O–H groups in total. The minimum absolute atomic E-state index is 0.123. The Kier molecular flexibility index (Phi) is 6.67. The number of amides is 2. The van der Waals surface area contributed by atoms with Crippen molar-refractivity contribution < 1.29 is 33.8 Å². The third-order valence-corrected chi connectivity index (χ3v) is 2.16. The minimum atomic E-state index is -1.33. The highest BCUT2D eigenvalue weighted by atomic mass is 16.6. The van der Waals surface area contributed by atoms with Gasteiger partial charge in [0.25, 0.3) is 0 Å². The lowest BCUT2D eigenvalue weighted by molar-refractivity contribution is -0.150. The lowest BCUT2D eigenvalue weighted by atomic mass is 10.1. The summed E-state index contributed by atoms with van der Waals surface area (Å²) >= 11 is 0. The van der Waals surface area contributed by atoms with Crippen LogP contribution in [0.3, 0.4) is 0 Å². The van der Waals surface area contributed by atoms with E-state index in [-0.39, 0.29) is 12.8 Å². The Hall–Kier alpha value is -2.12. The van der Waals surface area contributed by atoms with Gasteiger partial charge < -0.3 is 14.6 Å². The first-order valence-corrected chi connectivity index (χ1v) is 5.88. The van der Waals surface area contributed by atoms with Gasteiger partial charge in [0.2, 0.25) is 6.41 Å². The van der Waals surface area contributed by atoms with E-state index < -0.39 is 36.1 Å². The molecule has 114 valence electrons. The zero-order chi connectivity index (χ0) is 15.9. The number of carbonyl (C=O) groups is 4. The second-order valence-electron chi connectivity index (χ2n) is 4.96. The van der Waals surface area contributed by atoms with Crippen LogP contribution in [0.4, 0.5) is 4.79 Å². The zero-order valence-corrected chi connectivity index (χ0v) is 11.9. The lowest BCUT2D eigenvalue weighted by Gasteiger charge is -2.27. The predicted molar refractivity (Wildman–Crippen MR) is 66.8 cm³/mol. The summed E-state index contributed by atoms with van der Waals surface area (Å²) in [7, 11) is 1.08. The summed E-state index contributed by atoms with van der Waals surface area (Å²) in [5.41, 5.74) is -0.855. The van der Waals surface area contributed by atoms with E-state index in [1.54, 1.807) is 20.8 Å². The van der Waals surface area contributed by atoms with E-state index in [2.05, 4.69) is 4.74 Å². The topological polar surface area (TPSA) is 110 Å². The van der Waals surface area contributed by atoms with Crippen molar-refractivity contribution in [1.82, 2.24) is 4.90 Å². The number of imide groups is 1. The maximum Gasteiger partial charge on any atom is 0.417 e. The van der Waals surface area contributed by atoms with E-state index in [9.17, 15) is 19.2 Å². The highest BCUT2D eigenvalue weighted by Crippen LogP contribution is 2.14. The SMILES string of the molecule is COC(=O)[C@H](CCC(=O)O)N(C=O)C(=O)OC(C)(C)C. The average molecular weight is 289 g/mol. The summed E-state index contributed by atoms with van der Waals surface area (Å²) < 4.78 is 9.44. The summed E-state index contributed by atoms with van der Waals surface area (Å²) in [5, 5.41) is 8.62. The molecule has 0 spiro atoms. The first kappa shape index (κ1) is 17.9. The summed E-state index contributed by atoms with van der Waals surface area (Å²) in [6.07, 6.45) is -1.56. The Morgan fingerprint density at radius 2 is 1.85 bits per heavy atom. The number of ether oxygens (including phenoxy) is 2. The molecule has 2 amide bonds. The number of hydrogen-bond acceptors (Lipinski definition) is 6. The van der Waals surface area contributed by atoms with Gasteiger partial charge >= 0.3 is 18.0 Å². The fraction of sp³-hybridized carbons (Fsp3) is 0.667. The number of esters is 1. The third kappa shape index (κ3) is 6.17. The standard InChI is InChI=1S/C12H19NO7/c1-12(2,3)20-11(18)13(7-14)8(10(17)19-4)5-6-9(15)16/h7-8H,5-6H2,1-4H3,(H,15,16)/t8-/m0/s1. The molecule has 0 radical (unpaired) electrons. The highest BCUT2D eigenvalue weighted by molar-refractivity contribution is 5.89. The number of nitrogens with zero attached hydrogens (tertiary/aromatic N) is 1. The van der Waals surface area contributed by atoms with Crippen LogP contribution in [-0.2, 0) is 23.9 Å². The van der Waals surface area contributed by atoms with Gasteiger partial charge in [0.15, 0.2) is 0 Å². The molecule has 0 bridgehead atoms. The van der Waals surface area contributed by atoms with E-state index in [4.69, 9.17) is 9.84 Å². The molecule has 0 aliphatic rings. The first-order valence-electron chi connectivity index (χ1n) is 5.88. The number of hydrogen-bond donors (Lipinski definition) is 1. The largest absolute Gasteiger partial charge is 0.481 e. The molecule has 0 heterocycles. The summed E-state index contributed by atoms with van der Waals surface area (Å²) in [5.74, 6) is -2.04. The van der Waals surface area contributed by atoms with Crippen LogP contribution in [0.1, 0.15) is 33.6 Å². The van der Waals surface area contributed by atoms with Gasteiger partial charge in [-0.25, -0.2) is 14.5 Å². The molecular formula is C12H19NO7. The molecule has 0 aromatic carbocycles. The molecule has 0 aromatic heterocycles. The smallest absolute Gasteiger partial charge is 0.417 e. The first-order chi connectivity index (χ1) is 9.12. The third-order valence-electron chi connectivity index (χ3n) is 2.16. The van der Waals surface area contributed by atoms with Crippen LogP contribution in [0.2, 0.25) is 0 Å². The van der Waals surface area contributed by atoms with Crippen LogP contribution in [0.5, 0.6) is 0 Å². The number of aliphatic carboxylic acids is 1. The van der Waals surface area contributed by atoms with E-state index >= 15 is 0 Å². The van der Waals surface area contributed by atoms with Crippen molar-refractivity contribution in [3.63, 3.8) is 0 Å². The maximum atomic E-state index is 11.8. The monoisotopic (exact) mass is 289 g/mol. The van der Waals surface area contributed by atoms with Gasteiger partial charge in [-0.3, -0.25) is 9.59 Å². The normalized spacial score (nSPS) is 12.2. The molecule has 0 saturated carbocycles. The number of methoxy groups -OCH3 is 1. The van der Waals surface area contributed by atoms with E-state index in [0.29, 0.717) is 4.90 Å². The maximum absolute atomic E-state index is 11.8. The summed E-state index contributed by atoms with van der Waals surface area (Å²) in [4.78, 5) is 45.4. The molecule has 0 aliphatic heterocycles. The van der Waals surface area contributed by atoms with Gasteiger partial charge in [-0.05, 0) is 27.2 Å². The number of carbonyl (C=O) groups excluding carboxylic acids is 3. The molecule has 0 rings (SSSR count). The molecule has 20 heavy (non-hydrogen) atoms. The molecule has 0 unspecified atom stereocenters. The number of rotatable bonds is 6. The van der Waals surface area contributed by atoms with Crippen molar-refractivity contribution >= 4 is 24.4 Å². The summed E-state index contributed by atoms with van der Waals surface area (Å²) in [6, 6.07) is -1.33. The predicted octanol–water partition coefficient (Wildman–Crippen LogP) is 0.786. The van der Waals surface area contributed by atoms with Crippen LogP contribution in [0.25, 0.3) is 0 Å². The lowest BCUT2D eigenvalue weighted by Crippen LogP contribution is -2.47. The van der Waals surface area contributed by atoms with E-state index in [0.717, 1.165) is 7.11 Å². The van der Waals surface area contributed by atoms with Gasteiger partial charge in [-0.1, -0.05) is 0 Å².